The third kappa shape index (κ3) is 3.15. The number of esters is 3. The molecule has 0 aromatic rings. The van der Waals surface area contributed by atoms with E-state index in [1.807, 2.05) is 13.0 Å². The Hall–Kier alpha value is -2.48. The van der Waals surface area contributed by atoms with Crippen LogP contribution in [0.25, 0.3) is 0 Å². The number of allylic oxidation sites excluding steroid dienone is 3. The van der Waals surface area contributed by atoms with Crippen LogP contribution in [-0.2, 0) is 38.1 Å². The summed E-state index contributed by atoms with van der Waals surface area (Å²) in [5.74, 6) is -1.03. The van der Waals surface area contributed by atoms with Gasteiger partial charge in [-0.05, 0) is 49.2 Å². The smallest absolute Gasteiger partial charge is 0.307 e. The van der Waals surface area contributed by atoms with E-state index in [4.69, 9.17) is 18.9 Å². The summed E-state index contributed by atoms with van der Waals surface area (Å²) in [6.07, 6.45) is 7.70. The fourth-order valence-electron chi connectivity index (χ4n) is 8.71. The molecular weight excluding hydrogens is 464 g/mol. The van der Waals surface area contributed by atoms with Crippen LogP contribution in [-0.4, -0.2) is 47.6 Å². The topological polar surface area (TPSA) is 109 Å². The number of carbonyl (C=O) groups excluding carboxylic acids is 4. The first kappa shape index (κ1) is 25.2. The van der Waals surface area contributed by atoms with E-state index < -0.39 is 29.6 Å². The Morgan fingerprint density at radius 1 is 1.06 bits per heavy atom. The predicted molar refractivity (Wildman–Crippen MR) is 127 cm³/mol. The predicted octanol–water partition coefficient (Wildman–Crippen LogP) is 3.82. The molecule has 5 aliphatic rings. The molecule has 8 nitrogen and oxygen atoms in total. The van der Waals surface area contributed by atoms with Crippen molar-refractivity contribution in [1.29, 1.82) is 0 Å². The molecule has 0 aromatic carbocycles. The summed E-state index contributed by atoms with van der Waals surface area (Å²) in [7, 11) is 0. The lowest BCUT2D eigenvalue weighted by Crippen LogP contribution is -2.63. The summed E-state index contributed by atoms with van der Waals surface area (Å²) in [5.41, 5.74) is -1.47. The van der Waals surface area contributed by atoms with Gasteiger partial charge in [-0.15, -0.1) is 0 Å². The highest BCUT2D eigenvalue weighted by atomic mass is 16.6. The van der Waals surface area contributed by atoms with Gasteiger partial charge in [-0.2, -0.15) is 0 Å². The molecule has 196 valence electrons. The highest BCUT2D eigenvalue weighted by Gasteiger charge is 2.82. The van der Waals surface area contributed by atoms with Gasteiger partial charge < -0.3 is 18.9 Å². The lowest BCUT2D eigenvalue weighted by atomic mass is 9.47. The highest BCUT2D eigenvalue weighted by Crippen LogP contribution is 2.77. The summed E-state index contributed by atoms with van der Waals surface area (Å²) in [4.78, 5) is 49.1. The Labute approximate surface area is 211 Å². The molecule has 1 saturated heterocycles. The lowest BCUT2D eigenvalue weighted by Gasteiger charge is -2.56. The molecule has 4 aliphatic carbocycles. The number of rotatable bonds is 5. The minimum absolute atomic E-state index is 0.0807. The normalized spacial score (nSPS) is 43.9. The Morgan fingerprint density at radius 2 is 1.78 bits per heavy atom. The second-order valence-electron chi connectivity index (χ2n) is 11.8. The summed E-state index contributed by atoms with van der Waals surface area (Å²) in [6.45, 7) is 9.87. The number of hydrogen-bond acceptors (Lipinski definition) is 8. The van der Waals surface area contributed by atoms with Crippen LogP contribution in [0.4, 0.5) is 0 Å². The Balaban J connectivity index is 1.54. The van der Waals surface area contributed by atoms with E-state index in [2.05, 4.69) is 19.9 Å². The number of epoxide rings is 1. The van der Waals surface area contributed by atoms with E-state index >= 15 is 0 Å². The molecule has 1 spiro atoms. The van der Waals surface area contributed by atoms with Crippen molar-refractivity contribution in [1.82, 2.24) is 0 Å². The third-order valence-electron chi connectivity index (χ3n) is 10.1. The lowest BCUT2D eigenvalue weighted by molar-refractivity contribution is -0.193. The van der Waals surface area contributed by atoms with Crippen molar-refractivity contribution in [2.45, 2.75) is 91.0 Å². The summed E-state index contributed by atoms with van der Waals surface area (Å²) >= 11 is 0. The maximum absolute atomic E-state index is 13.7. The third-order valence-corrected chi connectivity index (χ3v) is 10.1. The number of carbonyl (C=O) groups is 4. The van der Waals surface area contributed by atoms with Crippen molar-refractivity contribution in [3.63, 3.8) is 0 Å². The van der Waals surface area contributed by atoms with Gasteiger partial charge in [-0.3, -0.25) is 19.2 Å². The zero-order chi connectivity index (χ0) is 26.3. The van der Waals surface area contributed by atoms with Crippen molar-refractivity contribution in [3.8, 4) is 0 Å². The molecular formula is C28H36O8. The molecule has 2 saturated carbocycles. The Morgan fingerprint density at radius 3 is 2.42 bits per heavy atom. The van der Waals surface area contributed by atoms with Crippen LogP contribution in [0.1, 0.15) is 73.6 Å². The fraction of sp³-hybridized carbons (Fsp3) is 0.714. The van der Waals surface area contributed by atoms with Gasteiger partial charge in [0.2, 0.25) is 5.78 Å². The van der Waals surface area contributed by atoms with Gasteiger partial charge in [0.25, 0.3) is 0 Å². The zero-order valence-corrected chi connectivity index (χ0v) is 22.0. The van der Waals surface area contributed by atoms with Gasteiger partial charge in [0.15, 0.2) is 12.2 Å². The van der Waals surface area contributed by atoms with Crippen LogP contribution in [0.2, 0.25) is 0 Å². The molecule has 5 rings (SSSR count). The fourth-order valence-corrected chi connectivity index (χ4v) is 8.71. The van der Waals surface area contributed by atoms with Crippen LogP contribution in [0.3, 0.4) is 0 Å². The zero-order valence-electron chi connectivity index (χ0n) is 22.0. The number of Topliss-reactive ketones (excluding diaryl/α,β-unsaturated/α-hetero) is 1. The van der Waals surface area contributed by atoms with Crippen LogP contribution in [0, 0.1) is 28.6 Å². The molecule has 3 fully saturated rings. The molecule has 0 radical (unpaired) electrons. The highest BCUT2D eigenvalue weighted by molar-refractivity contribution is 5.93. The minimum atomic E-state index is -1.38. The number of hydrogen-bond donors (Lipinski definition) is 0. The first-order valence-corrected chi connectivity index (χ1v) is 13.0. The standard InChI is InChI=1S/C28H36O8/c1-15-11-22-21-8-7-19-12-20(34-17(3)30)9-10-25(19,5)28(21)24(36-28)13-26(22,6)27(15,35-18(4)31)23(32)14-33-16(2)29/h7,12,15,21-22,24H,8-11,13-14H2,1-6H3/t15-,21-,22-,24-,25-,26-,27-,28+/m0/s1. The molecule has 1 heterocycles. The molecule has 8 heteroatoms. The van der Waals surface area contributed by atoms with Crippen molar-refractivity contribution in [2.24, 2.45) is 28.6 Å². The second-order valence-corrected chi connectivity index (χ2v) is 11.8. The van der Waals surface area contributed by atoms with Crippen LogP contribution >= 0.6 is 0 Å². The van der Waals surface area contributed by atoms with Crippen molar-refractivity contribution in [2.75, 3.05) is 6.61 Å². The average Bonchev–Trinajstić information content (AvgIpc) is 3.45. The maximum atomic E-state index is 13.7. The summed E-state index contributed by atoms with van der Waals surface area (Å²) in [6, 6.07) is 0. The van der Waals surface area contributed by atoms with Crippen LogP contribution in [0.15, 0.2) is 23.5 Å². The van der Waals surface area contributed by atoms with Gasteiger partial charge in [0, 0.05) is 43.9 Å². The van der Waals surface area contributed by atoms with E-state index in [0.717, 1.165) is 18.4 Å². The molecule has 8 atom stereocenters. The second kappa shape index (κ2) is 8.01. The Bertz CT molecular complexity index is 1100. The average molecular weight is 501 g/mol. The van der Waals surface area contributed by atoms with Gasteiger partial charge >= 0.3 is 17.9 Å². The monoisotopic (exact) mass is 500 g/mol. The quantitative estimate of drug-likeness (QED) is 0.318. The molecule has 0 unspecified atom stereocenters. The Kier molecular flexibility index (Phi) is 5.60. The van der Waals surface area contributed by atoms with E-state index in [9.17, 15) is 19.2 Å². The molecule has 0 N–H and O–H groups in total. The van der Waals surface area contributed by atoms with Gasteiger partial charge in [-0.25, -0.2) is 0 Å². The van der Waals surface area contributed by atoms with Crippen molar-refractivity contribution >= 4 is 23.7 Å². The number of ether oxygens (including phenoxy) is 4. The molecule has 0 aromatic heterocycles. The maximum Gasteiger partial charge on any atom is 0.307 e. The molecule has 0 amide bonds. The largest absolute Gasteiger partial charge is 0.458 e. The first-order valence-electron chi connectivity index (χ1n) is 13.0. The number of fused-ring (bicyclic) bond motifs is 3. The van der Waals surface area contributed by atoms with Gasteiger partial charge in [0.1, 0.15) is 11.4 Å². The van der Waals surface area contributed by atoms with Crippen LogP contribution < -0.4 is 0 Å². The van der Waals surface area contributed by atoms with E-state index in [1.54, 1.807) is 0 Å². The van der Waals surface area contributed by atoms with E-state index in [0.29, 0.717) is 25.0 Å². The van der Waals surface area contributed by atoms with Gasteiger partial charge in [0.05, 0.1) is 6.10 Å². The SMILES string of the molecule is CC(=O)OCC(=O)[C@@]1(OC(C)=O)[C@@H](C)C[C@H]2[C@@H]3CC=C4C=C(OC(C)=O)CC[C@]4(C)[C@@]34O[C@H]4C[C@@]21C. The summed E-state index contributed by atoms with van der Waals surface area (Å²) < 4.78 is 23.2. The van der Waals surface area contributed by atoms with Crippen molar-refractivity contribution in [3.05, 3.63) is 23.5 Å². The summed E-state index contributed by atoms with van der Waals surface area (Å²) in [5, 5.41) is 0. The minimum Gasteiger partial charge on any atom is -0.458 e. The molecule has 36 heavy (non-hydrogen) atoms. The van der Waals surface area contributed by atoms with Gasteiger partial charge in [-0.1, -0.05) is 26.8 Å². The molecule has 1 aliphatic heterocycles. The van der Waals surface area contributed by atoms with Crippen LogP contribution in [0.5, 0.6) is 0 Å². The first-order chi connectivity index (χ1) is 16.8. The molecule has 0 bridgehead atoms. The number of ketones is 1. The van der Waals surface area contributed by atoms with E-state index in [1.165, 1.54) is 20.8 Å². The van der Waals surface area contributed by atoms with E-state index in [-0.39, 0.29) is 46.6 Å². The van der Waals surface area contributed by atoms with Crippen molar-refractivity contribution < 1.29 is 38.1 Å².